The van der Waals surface area contributed by atoms with Crippen LogP contribution in [0.15, 0.2) is 59.4 Å². The van der Waals surface area contributed by atoms with Crippen LogP contribution in [0.1, 0.15) is 42.5 Å². The normalized spacial score (nSPS) is 20.6. The molecule has 0 aliphatic carbocycles. The summed E-state index contributed by atoms with van der Waals surface area (Å²) < 4.78 is 0. The lowest BCUT2D eigenvalue weighted by Crippen LogP contribution is -2.20. The van der Waals surface area contributed by atoms with Gasteiger partial charge in [0, 0.05) is 18.7 Å². The van der Waals surface area contributed by atoms with Gasteiger partial charge in [0.15, 0.2) is 0 Å². The number of nitrogens with one attached hydrogen (secondary N) is 4. The zero-order chi connectivity index (χ0) is 20.2. The van der Waals surface area contributed by atoms with E-state index in [0.29, 0.717) is 5.70 Å². The maximum absolute atomic E-state index is 10.3. The number of aromatic hydroxyl groups is 1. The molecule has 0 aromatic heterocycles. The minimum Gasteiger partial charge on any atom is -0.506 e. The van der Waals surface area contributed by atoms with Crippen LogP contribution in [0, 0.1) is 5.53 Å². The van der Waals surface area contributed by atoms with Crippen LogP contribution in [-0.2, 0) is 0 Å². The van der Waals surface area contributed by atoms with E-state index in [-0.39, 0.29) is 11.8 Å². The molecule has 0 fully saturated rings. The summed E-state index contributed by atoms with van der Waals surface area (Å²) >= 11 is 0. The molecule has 2 heterocycles. The predicted octanol–water partition coefficient (Wildman–Crippen LogP) is 4.63. The molecule has 6 nitrogen and oxygen atoms in total. The first-order valence-corrected chi connectivity index (χ1v) is 10.1. The number of fused-ring (bicyclic) bond motifs is 1. The molecule has 2 aliphatic heterocycles. The lowest BCUT2D eigenvalue weighted by Gasteiger charge is -2.23. The summed E-state index contributed by atoms with van der Waals surface area (Å²) in [6, 6.07) is 13.9. The number of para-hydroxylation sites is 2. The summed E-state index contributed by atoms with van der Waals surface area (Å²) in [5.41, 5.74) is 14.6. The Morgan fingerprint density at radius 2 is 2.07 bits per heavy atom. The van der Waals surface area contributed by atoms with Crippen LogP contribution in [0.4, 0.5) is 5.69 Å². The van der Waals surface area contributed by atoms with E-state index in [2.05, 4.69) is 45.3 Å². The van der Waals surface area contributed by atoms with Crippen molar-refractivity contribution in [2.45, 2.75) is 25.8 Å². The maximum atomic E-state index is 10.3. The standard InChI is InChI=1S/C23H27N5O/c1-15(28-24)23-18-7-6-17(16-8-11-25-12-9-16)14-19(18)20(10-13-26-23)27-21-4-2-3-5-22(21)29/h2-8,14,20,24-27,29H,9-13H2,1H3/b23-15-,28-24?. The first kappa shape index (κ1) is 19.2. The number of hydrogen-bond acceptors (Lipinski definition) is 6. The number of phenols is 1. The van der Waals surface area contributed by atoms with E-state index in [1.165, 1.54) is 11.1 Å². The van der Waals surface area contributed by atoms with Gasteiger partial charge in [-0.3, -0.25) is 0 Å². The van der Waals surface area contributed by atoms with E-state index >= 15 is 0 Å². The smallest absolute Gasteiger partial charge is 0.138 e. The highest BCUT2D eigenvalue weighted by Crippen LogP contribution is 2.36. The molecule has 0 bridgehead atoms. The zero-order valence-electron chi connectivity index (χ0n) is 16.6. The molecule has 1 atom stereocenters. The highest BCUT2D eigenvalue weighted by Gasteiger charge is 2.24. The van der Waals surface area contributed by atoms with Gasteiger partial charge in [0.05, 0.1) is 23.1 Å². The van der Waals surface area contributed by atoms with Crippen LogP contribution in [0.5, 0.6) is 5.75 Å². The Morgan fingerprint density at radius 3 is 2.83 bits per heavy atom. The van der Waals surface area contributed by atoms with Gasteiger partial charge in [-0.15, -0.1) is 0 Å². The summed E-state index contributed by atoms with van der Waals surface area (Å²) in [6.07, 6.45) is 4.12. The van der Waals surface area contributed by atoms with Crippen molar-refractivity contribution in [3.8, 4) is 5.75 Å². The number of allylic oxidation sites excluding steroid dienone is 1. The molecule has 2 aromatic carbocycles. The van der Waals surface area contributed by atoms with E-state index < -0.39 is 0 Å². The third-order valence-electron chi connectivity index (χ3n) is 5.63. The largest absolute Gasteiger partial charge is 0.506 e. The average molecular weight is 390 g/mol. The second-order valence-electron chi connectivity index (χ2n) is 7.49. The minimum atomic E-state index is 0.0316. The molecule has 2 aliphatic rings. The van der Waals surface area contributed by atoms with Crippen LogP contribution in [0.2, 0.25) is 0 Å². The van der Waals surface area contributed by atoms with E-state index in [4.69, 9.17) is 5.53 Å². The summed E-state index contributed by atoms with van der Waals surface area (Å²) in [6.45, 7) is 4.50. The number of benzene rings is 2. The molecule has 0 saturated carbocycles. The SMILES string of the molecule is C/C(N=N)=C1/NCCC(Nc2ccccc2O)c2cc(C3=CCNCC3)ccc21. The molecule has 29 heavy (non-hydrogen) atoms. The van der Waals surface area contributed by atoms with Crippen molar-refractivity contribution in [3.05, 3.63) is 70.9 Å². The van der Waals surface area contributed by atoms with Gasteiger partial charge in [0.1, 0.15) is 5.75 Å². The number of anilines is 1. The van der Waals surface area contributed by atoms with Crippen molar-refractivity contribution in [2.24, 2.45) is 5.11 Å². The molecule has 0 radical (unpaired) electrons. The van der Waals surface area contributed by atoms with Gasteiger partial charge in [0.25, 0.3) is 0 Å². The Labute approximate surface area is 171 Å². The lowest BCUT2D eigenvalue weighted by molar-refractivity contribution is 0.476. The number of phenolic OH excluding ortho intramolecular Hbond substituents is 1. The Balaban J connectivity index is 1.80. The van der Waals surface area contributed by atoms with E-state index in [9.17, 15) is 5.11 Å². The van der Waals surface area contributed by atoms with Crippen molar-refractivity contribution in [1.29, 1.82) is 5.53 Å². The third kappa shape index (κ3) is 4.03. The van der Waals surface area contributed by atoms with Crippen LogP contribution in [-0.4, -0.2) is 24.7 Å². The van der Waals surface area contributed by atoms with Crippen molar-refractivity contribution in [2.75, 3.05) is 25.0 Å². The van der Waals surface area contributed by atoms with Crippen LogP contribution < -0.4 is 16.0 Å². The number of hydrogen-bond donors (Lipinski definition) is 5. The highest BCUT2D eigenvalue weighted by atomic mass is 16.3. The zero-order valence-corrected chi connectivity index (χ0v) is 16.6. The second kappa shape index (κ2) is 8.49. The van der Waals surface area contributed by atoms with Gasteiger partial charge in [0.2, 0.25) is 0 Å². The molecule has 0 saturated heterocycles. The lowest BCUT2D eigenvalue weighted by atomic mass is 9.91. The molecule has 0 spiro atoms. The fourth-order valence-corrected chi connectivity index (χ4v) is 4.07. The molecule has 4 rings (SSSR count). The maximum Gasteiger partial charge on any atom is 0.138 e. The summed E-state index contributed by atoms with van der Waals surface area (Å²) in [7, 11) is 0. The fraction of sp³-hybridized carbons (Fsp3) is 0.304. The Bertz CT molecular complexity index is 979. The number of rotatable bonds is 4. The fourth-order valence-electron chi connectivity index (χ4n) is 4.07. The molecule has 1 unspecified atom stereocenters. The molecule has 150 valence electrons. The van der Waals surface area contributed by atoms with Crippen LogP contribution in [0.25, 0.3) is 11.3 Å². The Morgan fingerprint density at radius 1 is 1.21 bits per heavy atom. The predicted molar refractivity (Wildman–Crippen MR) is 117 cm³/mol. The third-order valence-corrected chi connectivity index (χ3v) is 5.63. The van der Waals surface area contributed by atoms with Crippen molar-refractivity contribution >= 4 is 17.0 Å². The van der Waals surface area contributed by atoms with E-state index in [1.54, 1.807) is 6.07 Å². The van der Waals surface area contributed by atoms with Crippen molar-refractivity contribution in [1.82, 2.24) is 10.6 Å². The monoisotopic (exact) mass is 389 g/mol. The quantitative estimate of drug-likeness (QED) is 0.389. The summed E-state index contributed by atoms with van der Waals surface area (Å²) in [5, 5.41) is 24.3. The van der Waals surface area contributed by atoms with Gasteiger partial charge in [-0.2, -0.15) is 5.11 Å². The first-order valence-electron chi connectivity index (χ1n) is 10.1. The minimum absolute atomic E-state index is 0.0316. The van der Waals surface area contributed by atoms with Crippen molar-refractivity contribution < 1.29 is 5.11 Å². The highest BCUT2D eigenvalue weighted by molar-refractivity contribution is 5.75. The van der Waals surface area contributed by atoms with E-state index in [1.807, 2.05) is 25.1 Å². The Hall–Kier alpha value is -3.12. The molecule has 5 N–H and O–H groups in total. The van der Waals surface area contributed by atoms with Crippen LogP contribution >= 0.6 is 0 Å². The topological polar surface area (TPSA) is 92.5 Å². The average Bonchev–Trinajstić information content (AvgIpc) is 2.94. The van der Waals surface area contributed by atoms with Gasteiger partial charge in [-0.05, 0) is 61.2 Å². The first-order chi connectivity index (χ1) is 14.2. The molecule has 6 heteroatoms. The van der Waals surface area contributed by atoms with Crippen LogP contribution in [0.3, 0.4) is 0 Å². The van der Waals surface area contributed by atoms with Gasteiger partial charge < -0.3 is 21.1 Å². The molecule has 2 aromatic rings. The number of nitrogens with zero attached hydrogens (tertiary/aromatic N) is 1. The molecular formula is C23H27N5O. The molecular weight excluding hydrogens is 362 g/mol. The van der Waals surface area contributed by atoms with Gasteiger partial charge >= 0.3 is 0 Å². The summed E-state index contributed by atoms with van der Waals surface area (Å²) in [4.78, 5) is 0. The Kier molecular flexibility index (Phi) is 5.62. The van der Waals surface area contributed by atoms with Gasteiger partial charge in [-0.25, -0.2) is 5.53 Å². The molecule has 0 amide bonds. The van der Waals surface area contributed by atoms with Crippen molar-refractivity contribution in [3.63, 3.8) is 0 Å². The van der Waals surface area contributed by atoms with Gasteiger partial charge in [-0.1, -0.05) is 30.3 Å². The van der Waals surface area contributed by atoms with E-state index in [0.717, 1.165) is 55.0 Å². The second-order valence-corrected chi connectivity index (χ2v) is 7.49. The summed E-state index contributed by atoms with van der Waals surface area (Å²) in [5.74, 6) is 0.247.